The van der Waals surface area contributed by atoms with E-state index in [2.05, 4.69) is 9.97 Å². The molecule has 0 aliphatic rings. The molecule has 0 radical (unpaired) electrons. The molecule has 0 saturated heterocycles. The van der Waals surface area contributed by atoms with E-state index in [4.69, 9.17) is 31.8 Å². The number of nitrogens with zero attached hydrogens (tertiary/aromatic N) is 2. The third-order valence-corrected chi connectivity index (χ3v) is 4.17. The fraction of sp³-hybridized carbons (Fsp3) is 0.538. The van der Waals surface area contributed by atoms with Crippen molar-refractivity contribution in [3.05, 3.63) is 18.2 Å². The van der Waals surface area contributed by atoms with Gasteiger partial charge in [0.05, 0.1) is 18.5 Å². The van der Waals surface area contributed by atoms with E-state index in [1.165, 1.54) is 12.4 Å². The van der Waals surface area contributed by atoms with Crippen molar-refractivity contribution in [2.24, 2.45) is 0 Å². The normalized spacial score (nSPS) is 14.4. The quantitative estimate of drug-likeness (QED) is 0.606. The van der Waals surface area contributed by atoms with Gasteiger partial charge in [-0.05, 0) is 13.8 Å². The SMILES string of the molecule is C#COP(=S)(Oc1cnc(C(C)(C)C)nc1)OC(C)C.[HH].[HH]. The fourth-order valence-corrected chi connectivity index (χ4v) is 3.29. The molecule has 0 aromatic carbocycles. The molecule has 114 valence electrons. The molecule has 1 unspecified atom stereocenters. The minimum Gasteiger partial charge on any atom is -0.412 e. The Hall–Kier alpha value is -1.15. The monoisotopic (exact) mass is 318 g/mol. The lowest BCUT2D eigenvalue weighted by atomic mass is 9.96. The lowest BCUT2D eigenvalue weighted by Gasteiger charge is -2.21. The van der Waals surface area contributed by atoms with E-state index in [9.17, 15) is 0 Å². The van der Waals surface area contributed by atoms with Gasteiger partial charge in [0.25, 0.3) is 0 Å². The second-order valence-electron chi connectivity index (χ2n) is 5.39. The second kappa shape index (κ2) is 6.53. The summed E-state index contributed by atoms with van der Waals surface area (Å²) in [5.74, 6) is 1.08. The van der Waals surface area contributed by atoms with Gasteiger partial charge in [-0.3, -0.25) is 4.52 Å². The predicted molar refractivity (Wildman–Crippen MR) is 86.0 cm³/mol. The fourth-order valence-electron chi connectivity index (χ4n) is 1.26. The molecular weight excluding hydrogens is 295 g/mol. The van der Waals surface area contributed by atoms with Gasteiger partial charge >= 0.3 is 6.72 Å². The van der Waals surface area contributed by atoms with E-state index in [-0.39, 0.29) is 14.4 Å². The molecule has 1 atom stereocenters. The third kappa shape index (κ3) is 5.09. The molecule has 5 nitrogen and oxygen atoms in total. The summed E-state index contributed by atoms with van der Waals surface area (Å²) in [6.07, 6.45) is 10.1. The molecule has 0 bridgehead atoms. The average Bonchev–Trinajstić information content (AvgIpc) is 2.27. The first-order valence-corrected chi connectivity index (χ1v) is 8.66. The van der Waals surface area contributed by atoms with Crippen LogP contribution in [0.3, 0.4) is 0 Å². The van der Waals surface area contributed by atoms with Crippen molar-refractivity contribution in [1.29, 1.82) is 0 Å². The van der Waals surface area contributed by atoms with Gasteiger partial charge in [0.15, 0.2) is 5.75 Å². The predicted octanol–water partition coefficient (Wildman–Crippen LogP) is 3.90. The van der Waals surface area contributed by atoms with Crippen LogP contribution < -0.4 is 4.52 Å². The number of hydrogen-bond acceptors (Lipinski definition) is 6. The zero-order valence-corrected chi connectivity index (χ0v) is 14.0. The first-order valence-electron chi connectivity index (χ1n) is 6.11. The van der Waals surface area contributed by atoms with Crippen LogP contribution in [0.1, 0.15) is 43.3 Å². The molecule has 1 aromatic heterocycles. The summed E-state index contributed by atoms with van der Waals surface area (Å²) >= 11 is 5.21. The number of rotatable bonds is 5. The van der Waals surface area contributed by atoms with Gasteiger partial charge in [-0.2, -0.15) is 0 Å². The molecule has 0 saturated carbocycles. The van der Waals surface area contributed by atoms with E-state index in [0.29, 0.717) is 11.6 Å². The van der Waals surface area contributed by atoms with Gasteiger partial charge in [-0.25, -0.2) is 9.97 Å². The lowest BCUT2D eigenvalue weighted by Crippen LogP contribution is -2.15. The van der Waals surface area contributed by atoms with Crippen LogP contribution in [0, 0.1) is 12.5 Å². The van der Waals surface area contributed by atoms with E-state index >= 15 is 0 Å². The number of aromatic nitrogens is 2. The topological polar surface area (TPSA) is 53.5 Å². The maximum Gasteiger partial charge on any atom is 0.443 e. The van der Waals surface area contributed by atoms with Crippen molar-refractivity contribution in [3.63, 3.8) is 0 Å². The van der Waals surface area contributed by atoms with Gasteiger partial charge in [-0.1, -0.05) is 27.2 Å². The average molecular weight is 318 g/mol. The first kappa shape index (κ1) is 16.9. The largest absolute Gasteiger partial charge is 0.443 e. The summed E-state index contributed by atoms with van der Waals surface area (Å²) < 4.78 is 16.0. The Kier molecular flexibility index (Phi) is 5.52. The van der Waals surface area contributed by atoms with Crippen molar-refractivity contribution in [2.45, 2.75) is 46.1 Å². The summed E-state index contributed by atoms with van der Waals surface area (Å²) in [4.78, 5) is 8.49. The van der Waals surface area contributed by atoms with E-state index in [1.54, 1.807) is 0 Å². The number of hydrogen-bond donors (Lipinski definition) is 0. The first-order chi connectivity index (χ1) is 9.16. The van der Waals surface area contributed by atoms with Crippen LogP contribution >= 0.6 is 6.72 Å². The summed E-state index contributed by atoms with van der Waals surface area (Å²) in [7, 11) is 0. The maximum absolute atomic E-state index is 5.53. The Bertz CT molecular complexity index is 542. The smallest absolute Gasteiger partial charge is 0.412 e. The van der Waals surface area contributed by atoms with Gasteiger partial charge in [0.1, 0.15) is 11.9 Å². The van der Waals surface area contributed by atoms with Crippen LogP contribution in [0.15, 0.2) is 12.4 Å². The minimum absolute atomic E-state index is 0. The van der Waals surface area contributed by atoms with E-state index < -0.39 is 6.72 Å². The molecular formula is C13H23N2O3PS. The standard InChI is InChI=1S/C13H19N2O3PS.2H2/c1-7-16-19(20,17-10(2)3)18-11-8-14-12(15-9-11)13(4,5)6;;/h1,8-10H,2-6H3;2*1H. The van der Waals surface area contributed by atoms with Crippen molar-refractivity contribution in [2.75, 3.05) is 0 Å². The zero-order valence-electron chi connectivity index (χ0n) is 12.3. The van der Waals surface area contributed by atoms with E-state index in [0.717, 1.165) is 0 Å². The summed E-state index contributed by atoms with van der Waals surface area (Å²) in [5, 5.41) is 0. The van der Waals surface area contributed by atoms with Gasteiger partial charge in [0, 0.05) is 20.1 Å². The van der Waals surface area contributed by atoms with Crippen LogP contribution in [0.2, 0.25) is 0 Å². The molecule has 1 aromatic rings. The zero-order chi connectivity index (χ0) is 15.4. The van der Waals surface area contributed by atoms with Crippen molar-refractivity contribution >= 4 is 18.5 Å². The molecule has 0 aliphatic heterocycles. The van der Waals surface area contributed by atoms with Gasteiger partial charge < -0.3 is 9.05 Å². The highest BCUT2D eigenvalue weighted by atomic mass is 32.5. The molecule has 1 rings (SSSR count). The Morgan fingerprint density at radius 1 is 1.35 bits per heavy atom. The van der Waals surface area contributed by atoms with Crippen LogP contribution in [0.4, 0.5) is 0 Å². The highest BCUT2D eigenvalue weighted by Crippen LogP contribution is 2.50. The second-order valence-corrected chi connectivity index (χ2v) is 8.21. The van der Waals surface area contributed by atoms with Crippen LogP contribution in [0.5, 0.6) is 5.75 Å². The Morgan fingerprint density at radius 3 is 2.30 bits per heavy atom. The van der Waals surface area contributed by atoms with E-state index in [1.807, 2.05) is 40.7 Å². The molecule has 0 spiro atoms. The molecule has 20 heavy (non-hydrogen) atoms. The van der Waals surface area contributed by atoms with Crippen molar-refractivity contribution < 1.29 is 16.4 Å². The van der Waals surface area contributed by atoms with Crippen molar-refractivity contribution in [1.82, 2.24) is 9.97 Å². The molecule has 1 heterocycles. The highest BCUT2D eigenvalue weighted by molar-refractivity contribution is 8.07. The Labute approximate surface area is 128 Å². The van der Waals surface area contributed by atoms with Crippen LogP contribution in [-0.4, -0.2) is 16.1 Å². The van der Waals surface area contributed by atoms with Crippen molar-refractivity contribution in [3.8, 4) is 18.3 Å². The molecule has 0 N–H and O–H groups in total. The summed E-state index contributed by atoms with van der Waals surface area (Å²) in [6.45, 7) is 6.68. The number of terminal acetylenes is 1. The maximum atomic E-state index is 5.53. The molecule has 0 fully saturated rings. The highest BCUT2D eigenvalue weighted by Gasteiger charge is 2.26. The molecule has 7 heteroatoms. The molecule has 0 aliphatic carbocycles. The third-order valence-electron chi connectivity index (χ3n) is 2.02. The van der Waals surface area contributed by atoms with Crippen LogP contribution in [-0.2, 0) is 26.3 Å². The van der Waals surface area contributed by atoms with Gasteiger partial charge in [0.2, 0.25) is 0 Å². The molecule has 0 amide bonds. The summed E-state index contributed by atoms with van der Waals surface area (Å²) in [5.41, 5.74) is -0.136. The van der Waals surface area contributed by atoms with Gasteiger partial charge in [-0.15, -0.1) is 0 Å². The Balaban J connectivity index is 0. The minimum atomic E-state index is -3.04. The van der Waals surface area contributed by atoms with Crippen LogP contribution in [0.25, 0.3) is 0 Å². The summed E-state index contributed by atoms with van der Waals surface area (Å²) in [6, 6.07) is 0. The lowest BCUT2D eigenvalue weighted by molar-refractivity contribution is 0.200. The Morgan fingerprint density at radius 2 is 1.90 bits per heavy atom.